The van der Waals surface area contributed by atoms with Gasteiger partial charge in [-0.3, -0.25) is 14.5 Å². The molecule has 112 valence electrons. The molecule has 5 nitrogen and oxygen atoms in total. The van der Waals surface area contributed by atoms with Crippen molar-refractivity contribution < 1.29 is 19.5 Å². The van der Waals surface area contributed by atoms with E-state index in [4.69, 9.17) is 0 Å². The largest absolute Gasteiger partial charge is 0.480 e. The molecule has 1 heterocycles. The standard InChI is InChI=1S/C15H17NO4S/c1-9(8-21-10(2)17)14(18)16-12-6-4-3-5-11(12)7-13(16)15(19)20/h3-6,9,13H,7-8H2,1-2H3,(H,19,20). The summed E-state index contributed by atoms with van der Waals surface area (Å²) in [5.74, 6) is -1.31. The van der Waals surface area contributed by atoms with Crippen molar-refractivity contribution in [3.05, 3.63) is 29.8 Å². The molecule has 0 spiro atoms. The van der Waals surface area contributed by atoms with Gasteiger partial charge in [0.15, 0.2) is 5.12 Å². The van der Waals surface area contributed by atoms with Crippen LogP contribution in [0.4, 0.5) is 5.69 Å². The van der Waals surface area contributed by atoms with Crippen molar-refractivity contribution in [1.82, 2.24) is 0 Å². The number of aliphatic carboxylic acids is 1. The molecule has 0 bridgehead atoms. The van der Waals surface area contributed by atoms with Crippen LogP contribution < -0.4 is 4.90 Å². The zero-order valence-corrected chi connectivity index (χ0v) is 12.7. The number of para-hydroxylation sites is 1. The normalized spacial score (nSPS) is 18.2. The van der Waals surface area contributed by atoms with Gasteiger partial charge >= 0.3 is 5.97 Å². The van der Waals surface area contributed by atoms with Crippen LogP contribution in [0.3, 0.4) is 0 Å². The third-order valence-corrected chi connectivity index (χ3v) is 4.53. The summed E-state index contributed by atoms with van der Waals surface area (Å²) < 4.78 is 0. The van der Waals surface area contributed by atoms with Gasteiger partial charge in [0.25, 0.3) is 0 Å². The number of carboxylic acids is 1. The van der Waals surface area contributed by atoms with Gasteiger partial charge in [0.05, 0.1) is 0 Å². The molecule has 0 aliphatic carbocycles. The lowest BCUT2D eigenvalue weighted by Gasteiger charge is -2.25. The number of nitrogens with zero attached hydrogens (tertiary/aromatic N) is 1. The first kappa shape index (κ1) is 15.6. The van der Waals surface area contributed by atoms with Crippen LogP contribution in [0.1, 0.15) is 19.4 Å². The Bertz CT molecular complexity index is 587. The molecular formula is C15H17NO4S. The van der Waals surface area contributed by atoms with E-state index in [0.29, 0.717) is 17.9 Å². The Hall–Kier alpha value is -1.82. The minimum absolute atomic E-state index is 0.0498. The van der Waals surface area contributed by atoms with Gasteiger partial charge in [-0.2, -0.15) is 0 Å². The van der Waals surface area contributed by atoms with Crippen LogP contribution >= 0.6 is 11.8 Å². The number of carbonyl (C=O) groups excluding carboxylic acids is 2. The Balaban J connectivity index is 2.24. The molecule has 0 fully saturated rings. The van der Waals surface area contributed by atoms with E-state index in [0.717, 1.165) is 17.3 Å². The summed E-state index contributed by atoms with van der Waals surface area (Å²) in [5, 5.41) is 9.30. The molecule has 1 N–H and O–H groups in total. The second-order valence-corrected chi connectivity index (χ2v) is 6.30. The van der Waals surface area contributed by atoms with Crippen LogP contribution in [0, 0.1) is 5.92 Å². The van der Waals surface area contributed by atoms with Crippen molar-refractivity contribution in [3.8, 4) is 0 Å². The molecule has 0 saturated heterocycles. The highest BCUT2D eigenvalue weighted by Gasteiger charge is 2.39. The lowest BCUT2D eigenvalue weighted by atomic mass is 10.1. The molecule has 2 atom stereocenters. The molecule has 0 aromatic heterocycles. The highest BCUT2D eigenvalue weighted by Crippen LogP contribution is 2.33. The molecule has 2 unspecified atom stereocenters. The number of rotatable bonds is 4. The minimum atomic E-state index is -1.01. The smallest absolute Gasteiger partial charge is 0.327 e. The fourth-order valence-electron chi connectivity index (χ4n) is 2.41. The maximum atomic E-state index is 12.6. The van der Waals surface area contributed by atoms with Crippen LogP contribution in [-0.4, -0.2) is 33.9 Å². The Morgan fingerprint density at radius 1 is 1.38 bits per heavy atom. The van der Waals surface area contributed by atoms with Crippen LogP contribution in [0.2, 0.25) is 0 Å². The first-order valence-corrected chi connectivity index (χ1v) is 7.67. The first-order valence-electron chi connectivity index (χ1n) is 6.69. The highest BCUT2D eigenvalue weighted by atomic mass is 32.2. The lowest BCUT2D eigenvalue weighted by molar-refractivity contribution is -0.140. The van der Waals surface area contributed by atoms with E-state index in [-0.39, 0.29) is 11.0 Å². The van der Waals surface area contributed by atoms with Gasteiger partial charge in [0.2, 0.25) is 5.91 Å². The Morgan fingerprint density at radius 2 is 2.05 bits per heavy atom. The SMILES string of the molecule is CC(=O)SCC(C)C(=O)N1c2ccccc2CC1C(=O)O. The van der Waals surface area contributed by atoms with Gasteiger partial charge in [-0.15, -0.1) is 0 Å². The van der Waals surface area contributed by atoms with E-state index in [1.165, 1.54) is 11.8 Å². The van der Waals surface area contributed by atoms with Crippen LogP contribution in [-0.2, 0) is 20.8 Å². The van der Waals surface area contributed by atoms with E-state index >= 15 is 0 Å². The van der Waals surface area contributed by atoms with E-state index in [1.54, 1.807) is 19.1 Å². The summed E-state index contributed by atoms with van der Waals surface area (Å²) in [7, 11) is 0. The number of carboxylic acid groups (broad SMARTS) is 1. The number of hydrogen-bond donors (Lipinski definition) is 1. The zero-order chi connectivity index (χ0) is 15.6. The van der Waals surface area contributed by atoms with Crippen LogP contribution in [0.25, 0.3) is 0 Å². The molecule has 21 heavy (non-hydrogen) atoms. The van der Waals surface area contributed by atoms with Crippen molar-refractivity contribution in [2.75, 3.05) is 10.7 Å². The fourth-order valence-corrected chi connectivity index (χ4v) is 3.03. The molecule has 1 amide bonds. The van der Waals surface area contributed by atoms with Gasteiger partial charge in [-0.05, 0) is 11.6 Å². The quantitative estimate of drug-likeness (QED) is 0.920. The van der Waals surface area contributed by atoms with Crippen LogP contribution in [0.15, 0.2) is 24.3 Å². The second kappa shape index (κ2) is 6.30. The third kappa shape index (κ3) is 3.26. The summed E-state index contributed by atoms with van der Waals surface area (Å²) in [6.45, 7) is 3.17. The number of anilines is 1. The van der Waals surface area contributed by atoms with Gasteiger partial charge in [-0.1, -0.05) is 36.9 Å². The van der Waals surface area contributed by atoms with Crippen molar-refractivity contribution in [3.63, 3.8) is 0 Å². The summed E-state index contributed by atoms with van der Waals surface area (Å²) in [6, 6.07) is 6.37. The maximum Gasteiger partial charge on any atom is 0.327 e. The van der Waals surface area contributed by atoms with Crippen molar-refractivity contribution >= 4 is 34.4 Å². The number of fused-ring (bicyclic) bond motifs is 1. The third-order valence-electron chi connectivity index (χ3n) is 3.46. The predicted molar refractivity (Wildman–Crippen MR) is 81.4 cm³/mol. The number of carbonyl (C=O) groups is 3. The Labute approximate surface area is 127 Å². The summed E-state index contributed by atoms with van der Waals surface area (Å²) >= 11 is 1.08. The summed E-state index contributed by atoms with van der Waals surface area (Å²) in [4.78, 5) is 36.4. The van der Waals surface area contributed by atoms with E-state index in [9.17, 15) is 19.5 Å². The number of thioether (sulfide) groups is 1. The molecule has 1 aliphatic rings. The molecule has 0 radical (unpaired) electrons. The van der Waals surface area contributed by atoms with Gasteiger partial charge in [0.1, 0.15) is 6.04 Å². The van der Waals surface area contributed by atoms with E-state index in [2.05, 4.69) is 0 Å². The van der Waals surface area contributed by atoms with Crippen molar-refractivity contribution in [2.45, 2.75) is 26.3 Å². The topological polar surface area (TPSA) is 74.7 Å². The molecule has 1 aromatic carbocycles. The van der Waals surface area contributed by atoms with Crippen molar-refractivity contribution in [2.24, 2.45) is 5.92 Å². The number of amides is 1. The van der Waals surface area contributed by atoms with Crippen molar-refractivity contribution in [1.29, 1.82) is 0 Å². The van der Waals surface area contributed by atoms with Crippen LogP contribution in [0.5, 0.6) is 0 Å². The predicted octanol–water partition coefficient (Wildman–Crippen LogP) is 1.94. The molecule has 0 saturated carbocycles. The molecule has 1 aliphatic heterocycles. The average molecular weight is 307 g/mol. The zero-order valence-electron chi connectivity index (χ0n) is 11.9. The average Bonchev–Trinajstić information content (AvgIpc) is 2.83. The molecular weight excluding hydrogens is 290 g/mol. The molecule has 1 aromatic rings. The number of benzene rings is 1. The minimum Gasteiger partial charge on any atom is -0.480 e. The summed E-state index contributed by atoms with van der Waals surface area (Å²) in [5.41, 5.74) is 1.53. The van der Waals surface area contributed by atoms with Gasteiger partial charge < -0.3 is 5.11 Å². The maximum absolute atomic E-state index is 12.6. The monoisotopic (exact) mass is 307 g/mol. The number of hydrogen-bond acceptors (Lipinski definition) is 4. The summed E-state index contributed by atoms with van der Waals surface area (Å²) in [6.07, 6.45) is 0.323. The lowest BCUT2D eigenvalue weighted by Crippen LogP contribution is -2.45. The fraction of sp³-hybridized carbons (Fsp3) is 0.400. The Kier molecular flexibility index (Phi) is 4.67. The van der Waals surface area contributed by atoms with E-state index in [1.807, 2.05) is 12.1 Å². The van der Waals surface area contributed by atoms with Gasteiger partial charge in [-0.25, -0.2) is 4.79 Å². The second-order valence-electron chi connectivity index (χ2n) is 5.10. The Morgan fingerprint density at radius 3 is 2.67 bits per heavy atom. The van der Waals surface area contributed by atoms with E-state index < -0.39 is 17.9 Å². The molecule has 6 heteroatoms. The van der Waals surface area contributed by atoms with Gasteiger partial charge in [0, 0.05) is 30.7 Å². The first-order chi connectivity index (χ1) is 9.91. The molecule has 2 rings (SSSR count). The highest BCUT2D eigenvalue weighted by molar-refractivity contribution is 8.13.